The molecule has 0 heterocycles. The van der Waals surface area contributed by atoms with Gasteiger partial charge in [0.1, 0.15) is 12.4 Å². The van der Waals surface area contributed by atoms with Crippen molar-refractivity contribution < 1.29 is 4.74 Å². The van der Waals surface area contributed by atoms with Crippen LogP contribution >= 0.6 is 0 Å². The molecule has 0 aromatic heterocycles. The van der Waals surface area contributed by atoms with Gasteiger partial charge in [-0.05, 0) is 54.8 Å². The fourth-order valence-electron chi connectivity index (χ4n) is 2.44. The summed E-state index contributed by atoms with van der Waals surface area (Å²) in [5.74, 6) is 0.817. The van der Waals surface area contributed by atoms with Gasteiger partial charge in [-0.15, -0.1) is 0 Å². The van der Waals surface area contributed by atoms with Crippen molar-refractivity contribution in [2.75, 3.05) is 5.43 Å². The normalized spacial score (nSPS) is 10.8. The highest BCUT2D eigenvalue weighted by atomic mass is 16.5. The number of hydrazone groups is 1. The summed E-state index contributed by atoms with van der Waals surface area (Å²) in [6.45, 7) is 4.73. The van der Waals surface area contributed by atoms with Crippen molar-refractivity contribution in [3.8, 4) is 5.75 Å². The van der Waals surface area contributed by atoms with E-state index in [1.54, 1.807) is 6.21 Å². The highest BCUT2D eigenvalue weighted by molar-refractivity contribution is 5.84. The van der Waals surface area contributed by atoms with Crippen LogP contribution in [0, 0.1) is 13.8 Å². The molecule has 0 atom stereocenters. The fourth-order valence-corrected chi connectivity index (χ4v) is 2.44. The van der Waals surface area contributed by atoms with Gasteiger partial charge in [0.05, 0.1) is 11.9 Å². The Labute approximate surface area is 149 Å². The monoisotopic (exact) mass is 330 g/mol. The molecule has 3 heteroatoms. The molecule has 3 aromatic carbocycles. The molecule has 1 N–H and O–H groups in total. The Hall–Kier alpha value is -3.07. The topological polar surface area (TPSA) is 33.6 Å². The fraction of sp³-hybridized carbons (Fsp3) is 0.136. The van der Waals surface area contributed by atoms with Crippen LogP contribution in [0.4, 0.5) is 5.69 Å². The third kappa shape index (κ3) is 4.70. The molecule has 3 rings (SSSR count). The molecule has 0 radical (unpaired) electrons. The predicted octanol–water partition coefficient (Wildman–Crippen LogP) is 5.33. The number of nitrogens with zero attached hydrogens (tertiary/aromatic N) is 1. The second-order valence-corrected chi connectivity index (χ2v) is 5.98. The molecule has 3 aromatic rings. The van der Waals surface area contributed by atoms with E-state index in [1.165, 1.54) is 11.1 Å². The van der Waals surface area contributed by atoms with Gasteiger partial charge in [-0.3, -0.25) is 5.43 Å². The van der Waals surface area contributed by atoms with Crippen molar-refractivity contribution in [1.82, 2.24) is 0 Å². The van der Waals surface area contributed by atoms with E-state index in [0.29, 0.717) is 6.61 Å². The molecule has 0 aliphatic rings. The van der Waals surface area contributed by atoms with Crippen molar-refractivity contribution in [1.29, 1.82) is 0 Å². The Balaban J connectivity index is 1.66. The van der Waals surface area contributed by atoms with E-state index < -0.39 is 0 Å². The first kappa shape index (κ1) is 16.8. The van der Waals surface area contributed by atoms with Gasteiger partial charge in [0.2, 0.25) is 0 Å². The second-order valence-electron chi connectivity index (χ2n) is 5.98. The summed E-state index contributed by atoms with van der Waals surface area (Å²) >= 11 is 0. The van der Waals surface area contributed by atoms with Crippen LogP contribution in [0.2, 0.25) is 0 Å². The van der Waals surface area contributed by atoms with Crippen molar-refractivity contribution in [2.45, 2.75) is 20.5 Å². The molecule has 0 unspecified atom stereocenters. The average molecular weight is 330 g/mol. The van der Waals surface area contributed by atoms with Crippen LogP contribution in [0.1, 0.15) is 22.3 Å². The first-order chi connectivity index (χ1) is 12.2. The van der Waals surface area contributed by atoms with Crippen molar-refractivity contribution in [2.24, 2.45) is 5.10 Å². The largest absolute Gasteiger partial charge is 0.488 e. The lowest BCUT2D eigenvalue weighted by molar-refractivity contribution is 0.306. The van der Waals surface area contributed by atoms with E-state index >= 15 is 0 Å². The molecule has 0 spiro atoms. The summed E-state index contributed by atoms with van der Waals surface area (Å²) in [6.07, 6.45) is 1.79. The first-order valence-corrected chi connectivity index (χ1v) is 8.34. The van der Waals surface area contributed by atoms with Crippen LogP contribution in [0.5, 0.6) is 5.75 Å². The Morgan fingerprint density at radius 1 is 0.880 bits per heavy atom. The lowest BCUT2D eigenvalue weighted by atomic mass is 10.1. The summed E-state index contributed by atoms with van der Waals surface area (Å²) in [6, 6.07) is 24.2. The SMILES string of the molecule is Cc1ccc(N/N=C/c2ccccc2OCc2ccccc2)cc1C. The molecule has 0 bridgehead atoms. The van der Waals surface area contributed by atoms with Crippen LogP contribution < -0.4 is 10.2 Å². The van der Waals surface area contributed by atoms with Crippen LogP contribution in [0.3, 0.4) is 0 Å². The molecular formula is C22H22N2O. The standard InChI is InChI=1S/C22H22N2O/c1-17-12-13-21(14-18(17)2)24-23-15-20-10-6-7-11-22(20)25-16-19-8-4-3-5-9-19/h3-15,24H,16H2,1-2H3/b23-15+. The first-order valence-electron chi connectivity index (χ1n) is 8.34. The summed E-state index contributed by atoms with van der Waals surface area (Å²) < 4.78 is 5.94. The summed E-state index contributed by atoms with van der Waals surface area (Å²) in [7, 11) is 0. The lowest BCUT2D eigenvalue weighted by Crippen LogP contribution is -1.99. The van der Waals surface area contributed by atoms with E-state index in [9.17, 15) is 0 Å². The molecule has 0 aliphatic carbocycles. The predicted molar refractivity (Wildman–Crippen MR) is 104 cm³/mol. The van der Waals surface area contributed by atoms with Crippen molar-refractivity contribution in [3.63, 3.8) is 0 Å². The van der Waals surface area contributed by atoms with Gasteiger partial charge in [0, 0.05) is 5.56 Å². The third-order valence-electron chi connectivity index (χ3n) is 4.06. The van der Waals surface area contributed by atoms with E-state index in [4.69, 9.17) is 4.74 Å². The zero-order valence-electron chi connectivity index (χ0n) is 14.6. The van der Waals surface area contributed by atoms with Gasteiger partial charge < -0.3 is 4.74 Å². The number of ether oxygens (including phenoxy) is 1. The number of hydrogen-bond acceptors (Lipinski definition) is 3. The third-order valence-corrected chi connectivity index (χ3v) is 4.06. The quantitative estimate of drug-likeness (QED) is 0.489. The molecule has 0 aliphatic heterocycles. The number of hydrogen-bond donors (Lipinski definition) is 1. The van der Waals surface area contributed by atoms with Crippen LogP contribution in [-0.4, -0.2) is 6.21 Å². The van der Waals surface area contributed by atoms with Crippen LogP contribution in [0.15, 0.2) is 77.9 Å². The summed E-state index contributed by atoms with van der Waals surface area (Å²) in [4.78, 5) is 0. The van der Waals surface area contributed by atoms with E-state index in [1.807, 2.05) is 48.5 Å². The van der Waals surface area contributed by atoms with E-state index in [0.717, 1.165) is 22.6 Å². The molecular weight excluding hydrogens is 308 g/mol. The van der Waals surface area contributed by atoms with Gasteiger partial charge >= 0.3 is 0 Å². The van der Waals surface area contributed by atoms with Crippen LogP contribution in [0.25, 0.3) is 0 Å². The van der Waals surface area contributed by atoms with Crippen LogP contribution in [-0.2, 0) is 6.61 Å². The van der Waals surface area contributed by atoms with E-state index in [2.05, 4.69) is 48.6 Å². The number of anilines is 1. The van der Waals surface area contributed by atoms with E-state index in [-0.39, 0.29) is 0 Å². The highest BCUT2D eigenvalue weighted by Gasteiger charge is 2.01. The minimum absolute atomic E-state index is 0.538. The molecule has 126 valence electrons. The summed E-state index contributed by atoms with van der Waals surface area (Å²) in [5, 5.41) is 4.34. The van der Waals surface area contributed by atoms with Gasteiger partial charge in [-0.2, -0.15) is 5.10 Å². The zero-order valence-corrected chi connectivity index (χ0v) is 14.6. The number of para-hydroxylation sites is 1. The molecule has 0 saturated carbocycles. The molecule has 0 fully saturated rings. The minimum Gasteiger partial charge on any atom is -0.488 e. The number of nitrogens with one attached hydrogen (secondary N) is 1. The average Bonchev–Trinajstić information content (AvgIpc) is 2.65. The second kappa shape index (κ2) is 8.15. The zero-order chi connectivity index (χ0) is 17.5. The Bertz CT molecular complexity index is 857. The van der Waals surface area contributed by atoms with Gasteiger partial charge in [0.15, 0.2) is 0 Å². The maximum absolute atomic E-state index is 5.94. The minimum atomic E-state index is 0.538. The smallest absolute Gasteiger partial charge is 0.128 e. The molecule has 3 nitrogen and oxygen atoms in total. The Morgan fingerprint density at radius 2 is 1.64 bits per heavy atom. The van der Waals surface area contributed by atoms with Gasteiger partial charge in [-0.25, -0.2) is 0 Å². The number of benzene rings is 3. The van der Waals surface area contributed by atoms with Gasteiger partial charge in [-0.1, -0.05) is 48.5 Å². The van der Waals surface area contributed by atoms with Gasteiger partial charge in [0.25, 0.3) is 0 Å². The maximum atomic E-state index is 5.94. The number of rotatable bonds is 6. The maximum Gasteiger partial charge on any atom is 0.128 e. The number of aryl methyl sites for hydroxylation is 2. The summed E-state index contributed by atoms with van der Waals surface area (Å²) in [5.41, 5.74) is 8.65. The lowest BCUT2D eigenvalue weighted by Gasteiger charge is -2.09. The molecule has 25 heavy (non-hydrogen) atoms. The van der Waals surface area contributed by atoms with Crippen molar-refractivity contribution >= 4 is 11.9 Å². The van der Waals surface area contributed by atoms with Crippen molar-refractivity contribution in [3.05, 3.63) is 95.1 Å². The molecule has 0 amide bonds. The Morgan fingerprint density at radius 3 is 2.44 bits per heavy atom. The molecule has 0 saturated heterocycles. The highest BCUT2D eigenvalue weighted by Crippen LogP contribution is 2.18. The Kier molecular flexibility index (Phi) is 5.47.